The summed E-state index contributed by atoms with van der Waals surface area (Å²) in [6, 6.07) is 7.40. The SMILES string of the molecule is CCS(=O)(=O)Nc1cccc(C(C)c2cnc[nH]2)c1.O=C(O)/C=C\C(=O)O. The van der Waals surface area contributed by atoms with E-state index in [1.54, 1.807) is 25.5 Å². The zero-order valence-corrected chi connectivity index (χ0v) is 15.6. The normalized spacial score (nSPS) is 12.1. The first-order valence-electron chi connectivity index (χ1n) is 7.87. The molecule has 0 radical (unpaired) electrons. The first-order valence-corrected chi connectivity index (χ1v) is 9.52. The fraction of sp³-hybridized carbons (Fsp3) is 0.235. The minimum absolute atomic E-state index is 0.0628. The van der Waals surface area contributed by atoms with Crippen LogP contribution in [0, 0.1) is 0 Å². The van der Waals surface area contributed by atoms with Crippen molar-refractivity contribution in [2.45, 2.75) is 19.8 Å². The fourth-order valence-electron chi connectivity index (χ4n) is 1.95. The smallest absolute Gasteiger partial charge is 0.328 e. The molecule has 0 spiro atoms. The number of sulfonamides is 1. The van der Waals surface area contributed by atoms with Gasteiger partial charge in [0.1, 0.15) is 0 Å². The fourth-order valence-corrected chi connectivity index (χ4v) is 2.58. The van der Waals surface area contributed by atoms with Gasteiger partial charge < -0.3 is 15.2 Å². The lowest BCUT2D eigenvalue weighted by Gasteiger charge is -2.12. The molecule has 0 saturated heterocycles. The first-order chi connectivity index (χ1) is 12.6. The average molecular weight is 395 g/mol. The summed E-state index contributed by atoms with van der Waals surface area (Å²) in [7, 11) is -3.24. The van der Waals surface area contributed by atoms with Crippen molar-refractivity contribution in [2.24, 2.45) is 0 Å². The van der Waals surface area contributed by atoms with Crippen LogP contribution in [0.25, 0.3) is 0 Å². The summed E-state index contributed by atoms with van der Waals surface area (Å²) in [5.41, 5.74) is 2.61. The molecule has 2 aromatic rings. The molecule has 0 aliphatic rings. The van der Waals surface area contributed by atoms with E-state index in [1.807, 2.05) is 25.1 Å². The molecule has 0 amide bonds. The Morgan fingerprint density at radius 1 is 1.26 bits per heavy atom. The Morgan fingerprint density at radius 3 is 2.37 bits per heavy atom. The van der Waals surface area contributed by atoms with Crippen molar-refractivity contribution in [1.82, 2.24) is 9.97 Å². The molecule has 1 aromatic carbocycles. The monoisotopic (exact) mass is 395 g/mol. The highest BCUT2D eigenvalue weighted by Crippen LogP contribution is 2.24. The van der Waals surface area contributed by atoms with Gasteiger partial charge in [-0.3, -0.25) is 4.72 Å². The minimum Gasteiger partial charge on any atom is -0.478 e. The summed E-state index contributed by atoms with van der Waals surface area (Å²) in [5.74, 6) is -2.32. The van der Waals surface area contributed by atoms with Crippen molar-refractivity contribution >= 4 is 27.6 Å². The van der Waals surface area contributed by atoms with E-state index in [9.17, 15) is 18.0 Å². The van der Waals surface area contributed by atoms with Crippen LogP contribution in [0.1, 0.15) is 31.0 Å². The van der Waals surface area contributed by atoms with E-state index in [-0.39, 0.29) is 11.7 Å². The minimum atomic E-state index is -3.24. The van der Waals surface area contributed by atoms with Crippen molar-refractivity contribution in [2.75, 3.05) is 10.5 Å². The summed E-state index contributed by atoms with van der Waals surface area (Å²) >= 11 is 0. The van der Waals surface area contributed by atoms with Crippen molar-refractivity contribution in [1.29, 1.82) is 0 Å². The van der Waals surface area contributed by atoms with Crippen LogP contribution in [0.2, 0.25) is 0 Å². The highest BCUT2D eigenvalue weighted by atomic mass is 32.2. The van der Waals surface area contributed by atoms with Crippen LogP contribution in [-0.2, 0) is 19.6 Å². The first kappa shape index (κ1) is 21.9. The average Bonchev–Trinajstić information content (AvgIpc) is 3.14. The molecule has 1 atom stereocenters. The molecule has 9 nitrogen and oxygen atoms in total. The third-order valence-electron chi connectivity index (χ3n) is 3.39. The second-order valence-corrected chi connectivity index (χ2v) is 7.38. The zero-order chi connectivity index (χ0) is 20.4. The number of carboxylic acids is 2. The van der Waals surface area contributed by atoms with Gasteiger partial charge in [-0.15, -0.1) is 0 Å². The van der Waals surface area contributed by atoms with E-state index >= 15 is 0 Å². The molecule has 0 aliphatic heterocycles. The maximum atomic E-state index is 11.6. The highest BCUT2D eigenvalue weighted by molar-refractivity contribution is 7.92. The second-order valence-electron chi connectivity index (χ2n) is 5.37. The van der Waals surface area contributed by atoms with Crippen LogP contribution >= 0.6 is 0 Å². The lowest BCUT2D eigenvalue weighted by Crippen LogP contribution is -2.14. The number of anilines is 1. The van der Waals surface area contributed by atoms with Gasteiger partial charge in [0.05, 0.1) is 12.1 Å². The van der Waals surface area contributed by atoms with E-state index in [4.69, 9.17) is 10.2 Å². The molecular formula is C17H21N3O6S. The van der Waals surface area contributed by atoms with Gasteiger partial charge in [-0.25, -0.2) is 23.0 Å². The number of hydrogen-bond acceptors (Lipinski definition) is 5. The van der Waals surface area contributed by atoms with E-state index in [0.717, 1.165) is 11.3 Å². The lowest BCUT2D eigenvalue weighted by atomic mass is 9.98. The molecule has 0 bridgehead atoms. The Labute approximate surface area is 156 Å². The van der Waals surface area contributed by atoms with Crippen LogP contribution in [0.4, 0.5) is 5.69 Å². The number of imidazole rings is 1. The summed E-state index contributed by atoms with van der Waals surface area (Å²) in [6.07, 6.45) is 4.52. The molecule has 1 unspecified atom stereocenters. The zero-order valence-electron chi connectivity index (χ0n) is 14.8. The molecule has 27 heavy (non-hydrogen) atoms. The predicted octanol–water partition coefficient (Wildman–Crippen LogP) is 2.03. The Hall–Kier alpha value is -3.14. The number of H-pyrrole nitrogens is 1. The Bertz CT molecular complexity index is 875. The van der Waals surface area contributed by atoms with Gasteiger partial charge >= 0.3 is 11.9 Å². The molecule has 146 valence electrons. The van der Waals surface area contributed by atoms with E-state index in [2.05, 4.69) is 14.7 Å². The molecule has 0 saturated carbocycles. The number of nitrogens with zero attached hydrogens (tertiary/aromatic N) is 1. The van der Waals surface area contributed by atoms with E-state index in [0.29, 0.717) is 17.8 Å². The molecule has 10 heteroatoms. The molecule has 1 heterocycles. The molecule has 1 aromatic heterocycles. The summed E-state index contributed by atoms with van der Waals surface area (Å²) in [6.45, 7) is 3.65. The van der Waals surface area contributed by atoms with Gasteiger partial charge in [-0.05, 0) is 24.6 Å². The quantitative estimate of drug-likeness (QED) is 0.524. The summed E-state index contributed by atoms with van der Waals surface area (Å²) < 4.78 is 25.7. The van der Waals surface area contributed by atoms with Gasteiger partial charge in [-0.2, -0.15) is 0 Å². The van der Waals surface area contributed by atoms with Crippen LogP contribution < -0.4 is 4.72 Å². The molecule has 2 rings (SSSR count). The van der Waals surface area contributed by atoms with Crippen LogP contribution in [-0.4, -0.2) is 46.3 Å². The van der Waals surface area contributed by atoms with E-state index < -0.39 is 22.0 Å². The van der Waals surface area contributed by atoms with Crippen LogP contribution in [0.15, 0.2) is 48.9 Å². The molecular weight excluding hydrogens is 374 g/mol. The Kier molecular flexibility index (Phi) is 8.21. The van der Waals surface area contributed by atoms with Crippen molar-refractivity contribution in [3.63, 3.8) is 0 Å². The Balaban J connectivity index is 0.000000387. The number of aliphatic carboxylic acids is 2. The van der Waals surface area contributed by atoms with E-state index in [1.165, 1.54) is 0 Å². The number of hydrogen-bond donors (Lipinski definition) is 4. The van der Waals surface area contributed by atoms with Crippen molar-refractivity contribution < 1.29 is 28.2 Å². The van der Waals surface area contributed by atoms with Gasteiger partial charge in [0, 0.05) is 35.6 Å². The predicted molar refractivity (Wildman–Crippen MR) is 100 cm³/mol. The number of aromatic amines is 1. The second kappa shape index (κ2) is 10.1. The number of benzene rings is 1. The standard InChI is InChI=1S/C13H17N3O2S.C4H4O4/c1-3-19(17,18)16-12-6-4-5-11(7-12)10(2)13-8-14-9-15-13;5-3(6)1-2-4(7)8/h4-10,16H,3H2,1-2H3,(H,14,15);1-2H,(H,5,6)(H,7,8)/b;2-1-. The Morgan fingerprint density at radius 2 is 1.89 bits per heavy atom. The maximum Gasteiger partial charge on any atom is 0.328 e. The summed E-state index contributed by atoms with van der Waals surface area (Å²) in [4.78, 5) is 26.2. The third-order valence-corrected chi connectivity index (χ3v) is 4.70. The number of rotatable bonds is 7. The summed E-state index contributed by atoms with van der Waals surface area (Å²) in [5, 5.41) is 15.6. The number of carboxylic acid groups (broad SMARTS) is 2. The lowest BCUT2D eigenvalue weighted by molar-refractivity contribution is -0.134. The molecule has 4 N–H and O–H groups in total. The van der Waals surface area contributed by atoms with Gasteiger partial charge in [0.25, 0.3) is 0 Å². The maximum absolute atomic E-state index is 11.6. The third kappa shape index (κ3) is 8.19. The van der Waals surface area contributed by atoms with Crippen molar-refractivity contribution in [3.05, 3.63) is 60.2 Å². The van der Waals surface area contributed by atoms with Gasteiger partial charge in [-0.1, -0.05) is 19.1 Å². The van der Waals surface area contributed by atoms with Gasteiger partial charge in [0.15, 0.2) is 0 Å². The molecule has 0 aliphatic carbocycles. The number of nitrogens with one attached hydrogen (secondary N) is 2. The largest absolute Gasteiger partial charge is 0.478 e. The molecule has 0 fully saturated rings. The number of carbonyl (C=O) groups is 2. The highest BCUT2D eigenvalue weighted by Gasteiger charge is 2.12. The van der Waals surface area contributed by atoms with Crippen LogP contribution in [0.3, 0.4) is 0 Å². The van der Waals surface area contributed by atoms with Crippen molar-refractivity contribution in [3.8, 4) is 0 Å². The topological polar surface area (TPSA) is 149 Å². The van der Waals surface area contributed by atoms with Gasteiger partial charge in [0.2, 0.25) is 10.0 Å². The number of aromatic nitrogens is 2. The van der Waals surface area contributed by atoms with Crippen LogP contribution in [0.5, 0.6) is 0 Å².